The van der Waals surface area contributed by atoms with E-state index in [2.05, 4.69) is 30.1 Å². The first-order valence-electron chi connectivity index (χ1n) is 10.1. The summed E-state index contributed by atoms with van der Waals surface area (Å²) in [6, 6.07) is 24.0. The predicted molar refractivity (Wildman–Crippen MR) is 120 cm³/mol. The molecule has 0 bridgehead atoms. The number of nitriles is 1. The van der Waals surface area contributed by atoms with Gasteiger partial charge in [0.1, 0.15) is 17.6 Å². The number of carbonyl (C=O) groups excluding carboxylic acids is 1. The van der Waals surface area contributed by atoms with Crippen molar-refractivity contribution < 1.29 is 9.53 Å². The molecule has 3 aromatic carbocycles. The summed E-state index contributed by atoms with van der Waals surface area (Å²) >= 11 is 0. The molecule has 0 unspecified atom stereocenters. The molecule has 0 saturated carbocycles. The van der Waals surface area contributed by atoms with Crippen molar-refractivity contribution >= 4 is 17.3 Å². The molecule has 0 atom stereocenters. The predicted octanol–water partition coefficient (Wildman–Crippen LogP) is 5.84. The Morgan fingerprint density at radius 1 is 1.00 bits per heavy atom. The molecule has 0 aliphatic carbocycles. The van der Waals surface area contributed by atoms with E-state index in [1.807, 2.05) is 48.5 Å². The van der Waals surface area contributed by atoms with Gasteiger partial charge in [-0.15, -0.1) is 0 Å². The molecule has 0 saturated heterocycles. The second kappa shape index (κ2) is 10.1. The molecule has 3 aromatic rings. The van der Waals surface area contributed by atoms with Gasteiger partial charge in [0.15, 0.2) is 0 Å². The SMILES string of the molecule is CCCN(CC)c1cccc(C(=O)Nc2cc(Oc3ccccc3)ccc2C#N)c1. The van der Waals surface area contributed by atoms with E-state index in [9.17, 15) is 10.1 Å². The molecule has 3 rings (SSSR count). The van der Waals surface area contributed by atoms with Gasteiger partial charge in [-0.3, -0.25) is 4.79 Å². The highest BCUT2D eigenvalue weighted by molar-refractivity contribution is 6.05. The molecule has 1 N–H and O–H groups in total. The lowest BCUT2D eigenvalue weighted by Gasteiger charge is -2.22. The Kier molecular flexibility index (Phi) is 7.07. The van der Waals surface area contributed by atoms with Crippen molar-refractivity contribution in [3.63, 3.8) is 0 Å². The van der Waals surface area contributed by atoms with Crippen LogP contribution in [0, 0.1) is 11.3 Å². The zero-order valence-electron chi connectivity index (χ0n) is 17.3. The fourth-order valence-electron chi connectivity index (χ4n) is 3.19. The monoisotopic (exact) mass is 399 g/mol. The number of carbonyl (C=O) groups is 1. The fourth-order valence-corrected chi connectivity index (χ4v) is 3.19. The molecule has 30 heavy (non-hydrogen) atoms. The number of amides is 1. The second-order valence-corrected chi connectivity index (χ2v) is 6.82. The van der Waals surface area contributed by atoms with Gasteiger partial charge in [0.2, 0.25) is 0 Å². The molecule has 1 amide bonds. The van der Waals surface area contributed by atoms with E-state index < -0.39 is 0 Å². The largest absolute Gasteiger partial charge is 0.457 e. The molecule has 0 aliphatic rings. The van der Waals surface area contributed by atoms with Gasteiger partial charge in [-0.2, -0.15) is 5.26 Å². The molecule has 0 heterocycles. The molecular weight excluding hydrogens is 374 g/mol. The lowest BCUT2D eigenvalue weighted by Crippen LogP contribution is -2.24. The fraction of sp³-hybridized carbons (Fsp3) is 0.200. The van der Waals surface area contributed by atoms with Crippen LogP contribution < -0.4 is 15.0 Å². The minimum atomic E-state index is -0.266. The van der Waals surface area contributed by atoms with Crippen molar-refractivity contribution in [2.45, 2.75) is 20.3 Å². The van der Waals surface area contributed by atoms with Crippen LogP contribution in [0.1, 0.15) is 36.2 Å². The first-order valence-corrected chi connectivity index (χ1v) is 10.1. The number of benzene rings is 3. The number of ether oxygens (including phenoxy) is 1. The van der Waals surface area contributed by atoms with Crippen molar-refractivity contribution in [1.82, 2.24) is 0 Å². The van der Waals surface area contributed by atoms with Crippen LogP contribution >= 0.6 is 0 Å². The number of para-hydroxylation sites is 1. The van der Waals surface area contributed by atoms with Gasteiger partial charge < -0.3 is 15.0 Å². The minimum absolute atomic E-state index is 0.266. The molecule has 5 heteroatoms. The average Bonchev–Trinajstić information content (AvgIpc) is 2.78. The summed E-state index contributed by atoms with van der Waals surface area (Å²) in [5, 5.41) is 12.3. The van der Waals surface area contributed by atoms with Gasteiger partial charge in [-0.1, -0.05) is 31.2 Å². The number of rotatable bonds is 8. The van der Waals surface area contributed by atoms with Crippen molar-refractivity contribution in [3.05, 3.63) is 83.9 Å². The van der Waals surface area contributed by atoms with Crippen LogP contribution in [0.5, 0.6) is 11.5 Å². The van der Waals surface area contributed by atoms with Crippen molar-refractivity contribution in [2.75, 3.05) is 23.3 Å². The first kappa shape index (κ1) is 20.9. The summed E-state index contributed by atoms with van der Waals surface area (Å²) in [4.78, 5) is 15.1. The molecule has 152 valence electrons. The Bertz CT molecular complexity index is 1040. The molecule has 0 radical (unpaired) electrons. The van der Waals surface area contributed by atoms with E-state index >= 15 is 0 Å². The first-order chi connectivity index (χ1) is 14.6. The number of hydrogen-bond donors (Lipinski definition) is 1. The standard InChI is InChI=1S/C25H25N3O2/c1-3-15-28(4-2)21-10-8-9-19(16-21)25(29)27-24-17-23(14-13-20(24)18-26)30-22-11-6-5-7-12-22/h5-14,16-17H,3-4,15H2,1-2H3,(H,27,29). The highest BCUT2D eigenvalue weighted by Gasteiger charge is 2.13. The van der Waals surface area contributed by atoms with Crippen LogP contribution in [0.3, 0.4) is 0 Å². The third-order valence-corrected chi connectivity index (χ3v) is 4.69. The van der Waals surface area contributed by atoms with Crippen molar-refractivity contribution in [1.29, 1.82) is 5.26 Å². The van der Waals surface area contributed by atoms with E-state index in [4.69, 9.17) is 4.74 Å². The zero-order chi connectivity index (χ0) is 21.3. The summed E-state index contributed by atoms with van der Waals surface area (Å²) in [7, 11) is 0. The second-order valence-electron chi connectivity index (χ2n) is 6.82. The number of nitrogens with zero attached hydrogens (tertiary/aromatic N) is 2. The van der Waals surface area contributed by atoms with Gasteiger partial charge in [-0.05, 0) is 55.8 Å². The normalized spacial score (nSPS) is 10.2. The smallest absolute Gasteiger partial charge is 0.255 e. The summed E-state index contributed by atoms with van der Waals surface area (Å²) < 4.78 is 5.83. The maximum atomic E-state index is 12.9. The third-order valence-electron chi connectivity index (χ3n) is 4.69. The van der Waals surface area contributed by atoms with Crippen LogP contribution in [-0.2, 0) is 0 Å². The quantitative estimate of drug-likeness (QED) is 0.517. The maximum Gasteiger partial charge on any atom is 0.255 e. The number of anilines is 2. The zero-order valence-corrected chi connectivity index (χ0v) is 17.3. The van der Waals surface area contributed by atoms with Crippen LogP contribution in [-0.4, -0.2) is 19.0 Å². The minimum Gasteiger partial charge on any atom is -0.457 e. The third kappa shape index (κ3) is 5.18. The summed E-state index contributed by atoms with van der Waals surface area (Å²) in [6.45, 7) is 6.03. The summed E-state index contributed by atoms with van der Waals surface area (Å²) in [6.07, 6.45) is 1.03. The van der Waals surface area contributed by atoms with Crippen LogP contribution in [0.15, 0.2) is 72.8 Å². The topological polar surface area (TPSA) is 65.4 Å². The van der Waals surface area contributed by atoms with Gasteiger partial charge in [0.05, 0.1) is 11.3 Å². The molecule has 5 nitrogen and oxygen atoms in total. The Labute approximate surface area is 177 Å². The molecular formula is C25H25N3O2. The van der Waals surface area contributed by atoms with E-state index in [1.165, 1.54) is 0 Å². The molecule has 0 spiro atoms. The van der Waals surface area contributed by atoms with Crippen LogP contribution in [0.4, 0.5) is 11.4 Å². The number of nitrogens with one attached hydrogen (secondary N) is 1. The van der Waals surface area contributed by atoms with Gasteiger partial charge in [-0.25, -0.2) is 0 Å². The lowest BCUT2D eigenvalue weighted by atomic mass is 10.1. The summed E-state index contributed by atoms with van der Waals surface area (Å²) in [5.41, 5.74) is 2.34. The Balaban J connectivity index is 1.82. The van der Waals surface area contributed by atoms with Crippen molar-refractivity contribution in [3.8, 4) is 17.6 Å². The highest BCUT2D eigenvalue weighted by atomic mass is 16.5. The molecule has 0 fully saturated rings. The van der Waals surface area contributed by atoms with Crippen LogP contribution in [0.25, 0.3) is 0 Å². The Morgan fingerprint density at radius 3 is 2.50 bits per heavy atom. The van der Waals surface area contributed by atoms with Crippen molar-refractivity contribution in [2.24, 2.45) is 0 Å². The van der Waals surface area contributed by atoms with Gasteiger partial charge >= 0.3 is 0 Å². The van der Waals surface area contributed by atoms with E-state index in [1.54, 1.807) is 24.3 Å². The van der Waals surface area contributed by atoms with Crippen LogP contribution in [0.2, 0.25) is 0 Å². The molecule has 0 aromatic heterocycles. The van der Waals surface area contributed by atoms with E-state index in [-0.39, 0.29) is 5.91 Å². The Hall–Kier alpha value is -3.78. The van der Waals surface area contributed by atoms with Gasteiger partial charge in [0, 0.05) is 30.4 Å². The van der Waals surface area contributed by atoms with Gasteiger partial charge in [0.25, 0.3) is 5.91 Å². The highest BCUT2D eigenvalue weighted by Crippen LogP contribution is 2.27. The van der Waals surface area contributed by atoms with E-state index in [0.29, 0.717) is 28.3 Å². The average molecular weight is 399 g/mol. The lowest BCUT2D eigenvalue weighted by molar-refractivity contribution is 0.102. The summed E-state index contributed by atoms with van der Waals surface area (Å²) in [5.74, 6) is 0.963. The maximum absolute atomic E-state index is 12.9. The van der Waals surface area contributed by atoms with E-state index in [0.717, 1.165) is 25.2 Å². The molecule has 0 aliphatic heterocycles. The Morgan fingerprint density at radius 2 is 1.80 bits per heavy atom. The number of hydrogen-bond acceptors (Lipinski definition) is 4.